The number of benzene rings is 2. The number of aliphatic imine (C=N–C) groups is 1. The molecule has 0 spiro atoms. The van der Waals surface area contributed by atoms with Crippen LogP contribution in [0.25, 0.3) is 33.0 Å². The van der Waals surface area contributed by atoms with E-state index in [4.69, 9.17) is 18.9 Å². The SMILES string of the molecule is COc1ccc2[nH]cc(C3=C(c4cn(CCCN=C=S)c5ccc(OC)c(OC)c45)C(=O)NC3=O)c2c1OC. The molecule has 0 atom stereocenters. The average molecular weight is 547 g/mol. The number of aryl methyl sites for hydroxylation is 1. The lowest BCUT2D eigenvalue weighted by Crippen LogP contribution is -2.22. The van der Waals surface area contributed by atoms with Crippen molar-refractivity contribution < 1.29 is 28.5 Å². The van der Waals surface area contributed by atoms with Crippen molar-refractivity contribution in [3.05, 3.63) is 47.8 Å². The van der Waals surface area contributed by atoms with Gasteiger partial charge < -0.3 is 28.5 Å². The molecule has 2 aromatic carbocycles. The fourth-order valence-electron chi connectivity index (χ4n) is 5.15. The molecule has 2 N–H and O–H groups in total. The first kappa shape index (κ1) is 26.0. The number of H-pyrrole nitrogens is 1. The van der Waals surface area contributed by atoms with Crippen molar-refractivity contribution in [2.24, 2.45) is 4.99 Å². The van der Waals surface area contributed by atoms with Crippen LogP contribution in [0, 0.1) is 0 Å². The smallest absolute Gasteiger partial charge is 0.259 e. The van der Waals surface area contributed by atoms with Gasteiger partial charge in [-0.05, 0) is 42.9 Å². The van der Waals surface area contributed by atoms with Crippen molar-refractivity contribution >= 4 is 62.1 Å². The standard InChI is InChI=1S/C28H26N4O6S/c1-35-19-8-6-17-21(25(19)37-3)15(12-30-17)23-24(28(34)31-27(23)33)16-13-32(11-5-10-29-14-39)18-7-9-20(36-2)26(38-4)22(16)18/h6-9,12-13,30H,5,10-11H2,1-4H3,(H,31,33,34). The van der Waals surface area contributed by atoms with Gasteiger partial charge >= 0.3 is 0 Å². The number of nitrogens with one attached hydrogen (secondary N) is 2. The van der Waals surface area contributed by atoms with Crippen molar-refractivity contribution in [1.82, 2.24) is 14.9 Å². The summed E-state index contributed by atoms with van der Waals surface area (Å²) in [5, 5.41) is 6.14. The second kappa shape index (κ2) is 10.6. The third-order valence-electron chi connectivity index (χ3n) is 6.78. The van der Waals surface area contributed by atoms with E-state index in [-0.39, 0.29) is 11.1 Å². The predicted octanol–water partition coefficient (Wildman–Crippen LogP) is 4.22. The Balaban J connectivity index is 1.83. The van der Waals surface area contributed by atoms with Gasteiger partial charge in [-0.15, -0.1) is 0 Å². The third kappa shape index (κ3) is 4.21. The number of ether oxygens (including phenoxy) is 4. The van der Waals surface area contributed by atoms with Gasteiger partial charge in [-0.2, -0.15) is 0 Å². The molecule has 10 nitrogen and oxygen atoms in total. The molecule has 0 saturated carbocycles. The van der Waals surface area contributed by atoms with Crippen molar-refractivity contribution in [2.75, 3.05) is 35.0 Å². The summed E-state index contributed by atoms with van der Waals surface area (Å²) in [5.41, 5.74) is 3.02. The van der Waals surface area contributed by atoms with Gasteiger partial charge in [0.2, 0.25) is 0 Å². The Labute approximate surface area is 229 Å². The molecule has 0 saturated heterocycles. The Morgan fingerprint density at radius 2 is 1.51 bits per heavy atom. The molecule has 2 amide bonds. The first-order chi connectivity index (χ1) is 19.0. The molecule has 3 heterocycles. The van der Waals surface area contributed by atoms with Gasteiger partial charge in [-0.3, -0.25) is 14.9 Å². The molecule has 200 valence electrons. The zero-order chi connectivity index (χ0) is 27.7. The number of carbonyl (C=O) groups excluding carboxylic acids is 2. The van der Waals surface area contributed by atoms with Crippen LogP contribution in [0.15, 0.2) is 41.7 Å². The number of imide groups is 1. The second-order valence-corrected chi connectivity index (χ2v) is 8.90. The number of nitrogens with zero attached hydrogens (tertiary/aromatic N) is 2. The average Bonchev–Trinajstić information content (AvgIpc) is 3.62. The minimum Gasteiger partial charge on any atom is -0.493 e. The third-order valence-corrected chi connectivity index (χ3v) is 6.91. The molecule has 0 aliphatic carbocycles. The van der Waals surface area contributed by atoms with Gasteiger partial charge in [-0.1, -0.05) is 0 Å². The summed E-state index contributed by atoms with van der Waals surface area (Å²) in [6.07, 6.45) is 4.24. The number of aromatic nitrogens is 2. The topological polar surface area (TPSA) is 116 Å². The Hall–Kier alpha value is -4.60. The molecule has 5 rings (SSSR count). The van der Waals surface area contributed by atoms with Crippen LogP contribution in [0.1, 0.15) is 17.5 Å². The lowest BCUT2D eigenvalue weighted by molar-refractivity contribution is -0.122. The van der Waals surface area contributed by atoms with E-state index in [9.17, 15) is 9.59 Å². The summed E-state index contributed by atoms with van der Waals surface area (Å²) in [6, 6.07) is 7.31. The maximum atomic E-state index is 13.4. The molecule has 0 bridgehead atoms. The van der Waals surface area contributed by atoms with Gasteiger partial charge in [0.05, 0.1) is 73.1 Å². The number of rotatable bonds is 10. The molecule has 4 aromatic rings. The quantitative estimate of drug-likeness (QED) is 0.132. The molecule has 0 radical (unpaired) electrons. The zero-order valence-corrected chi connectivity index (χ0v) is 22.7. The van der Waals surface area contributed by atoms with Crippen molar-refractivity contribution in [3.8, 4) is 23.0 Å². The molecule has 2 aromatic heterocycles. The largest absolute Gasteiger partial charge is 0.493 e. The number of aromatic amines is 1. The van der Waals surface area contributed by atoms with E-state index >= 15 is 0 Å². The van der Waals surface area contributed by atoms with E-state index in [1.807, 2.05) is 29.0 Å². The first-order valence-electron chi connectivity index (χ1n) is 12.1. The zero-order valence-electron chi connectivity index (χ0n) is 21.8. The number of hydrogen-bond acceptors (Lipinski definition) is 8. The Morgan fingerprint density at radius 1 is 0.872 bits per heavy atom. The maximum absolute atomic E-state index is 13.4. The van der Waals surface area contributed by atoms with Crippen molar-refractivity contribution in [2.45, 2.75) is 13.0 Å². The molecular formula is C28H26N4O6S. The number of hydrogen-bond donors (Lipinski definition) is 2. The highest BCUT2D eigenvalue weighted by molar-refractivity contribution is 7.78. The summed E-state index contributed by atoms with van der Waals surface area (Å²) >= 11 is 4.68. The highest BCUT2D eigenvalue weighted by Crippen LogP contribution is 2.46. The summed E-state index contributed by atoms with van der Waals surface area (Å²) in [4.78, 5) is 34.0. The summed E-state index contributed by atoms with van der Waals surface area (Å²) in [5.74, 6) is 0.877. The highest BCUT2D eigenvalue weighted by Gasteiger charge is 2.37. The van der Waals surface area contributed by atoms with E-state index < -0.39 is 11.8 Å². The Kier molecular flexibility index (Phi) is 7.10. The number of isothiocyanates is 1. The van der Waals surface area contributed by atoms with Crippen molar-refractivity contribution in [3.63, 3.8) is 0 Å². The van der Waals surface area contributed by atoms with Crippen LogP contribution in [0.3, 0.4) is 0 Å². The van der Waals surface area contributed by atoms with E-state index in [1.54, 1.807) is 33.6 Å². The number of methoxy groups -OCH3 is 4. The second-order valence-electron chi connectivity index (χ2n) is 8.72. The van der Waals surface area contributed by atoms with Gasteiger partial charge in [0.1, 0.15) is 0 Å². The van der Waals surface area contributed by atoms with Gasteiger partial charge in [0.15, 0.2) is 23.0 Å². The van der Waals surface area contributed by atoms with Crippen LogP contribution in [0.2, 0.25) is 0 Å². The first-order valence-corrected chi connectivity index (χ1v) is 12.5. The molecule has 11 heteroatoms. The number of amides is 2. The number of thiocarbonyl (C=S) groups is 1. The van der Waals surface area contributed by atoms with E-state index in [1.165, 1.54) is 7.11 Å². The normalized spacial score (nSPS) is 13.1. The predicted molar refractivity (Wildman–Crippen MR) is 151 cm³/mol. The van der Waals surface area contributed by atoms with Gasteiger partial charge in [-0.25, -0.2) is 4.99 Å². The molecule has 1 aliphatic rings. The molecule has 0 unspecified atom stereocenters. The van der Waals surface area contributed by atoms with Gasteiger partial charge in [0, 0.05) is 30.1 Å². The summed E-state index contributed by atoms with van der Waals surface area (Å²) < 4.78 is 24.5. The maximum Gasteiger partial charge on any atom is 0.259 e. The molecular weight excluding hydrogens is 520 g/mol. The van der Waals surface area contributed by atoms with Crippen molar-refractivity contribution in [1.29, 1.82) is 0 Å². The van der Waals surface area contributed by atoms with E-state index in [0.29, 0.717) is 64.4 Å². The minimum absolute atomic E-state index is 0.215. The minimum atomic E-state index is -0.515. The van der Waals surface area contributed by atoms with E-state index in [2.05, 4.69) is 32.7 Å². The monoisotopic (exact) mass is 546 g/mol. The highest BCUT2D eigenvalue weighted by atomic mass is 32.1. The number of carbonyl (C=O) groups is 2. The van der Waals surface area contributed by atoms with Crippen LogP contribution in [0.4, 0.5) is 0 Å². The van der Waals surface area contributed by atoms with Crippen LogP contribution >= 0.6 is 12.2 Å². The lowest BCUT2D eigenvalue weighted by Gasteiger charge is -2.12. The fraction of sp³-hybridized carbons (Fsp3) is 0.250. The Morgan fingerprint density at radius 3 is 2.15 bits per heavy atom. The van der Waals surface area contributed by atoms with Crippen LogP contribution in [-0.2, 0) is 16.1 Å². The molecule has 1 aliphatic heterocycles. The Bertz CT molecular complexity index is 1710. The van der Waals surface area contributed by atoms with Gasteiger partial charge in [0.25, 0.3) is 11.8 Å². The van der Waals surface area contributed by atoms with E-state index in [0.717, 1.165) is 11.0 Å². The van der Waals surface area contributed by atoms with Crippen LogP contribution in [0.5, 0.6) is 23.0 Å². The summed E-state index contributed by atoms with van der Waals surface area (Å²) in [6.45, 7) is 1.10. The molecule has 39 heavy (non-hydrogen) atoms. The van der Waals surface area contributed by atoms with Crippen LogP contribution < -0.4 is 24.3 Å². The fourth-order valence-corrected chi connectivity index (χ4v) is 5.24. The lowest BCUT2D eigenvalue weighted by atomic mass is 9.95. The molecule has 0 fully saturated rings. The van der Waals surface area contributed by atoms with Crippen LogP contribution in [-0.4, -0.2) is 61.5 Å². The number of fused-ring (bicyclic) bond motifs is 2. The summed E-state index contributed by atoms with van der Waals surface area (Å²) in [7, 11) is 6.16.